The number of phenols is 2. The molecule has 20 heavy (non-hydrogen) atoms. The molecular weight excluding hydrogens is 262 g/mol. The van der Waals surface area contributed by atoms with Crippen molar-refractivity contribution in [3.63, 3.8) is 0 Å². The van der Waals surface area contributed by atoms with Crippen LogP contribution in [-0.2, 0) is 4.79 Å². The topological polar surface area (TPSA) is 98.1 Å². The van der Waals surface area contributed by atoms with Gasteiger partial charge in [-0.15, -0.1) is 0 Å². The van der Waals surface area contributed by atoms with Crippen molar-refractivity contribution in [1.29, 1.82) is 0 Å². The monoisotopic (exact) mass is 279 g/mol. The normalized spacial score (nSPS) is 21.9. The van der Waals surface area contributed by atoms with E-state index < -0.39 is 28.9 Å². The number of rotatable bonds is 3. The molecule has 3 N–H and O–H groups in total. The Morgan fingerprint density at radius 3 is 2.65 bits per heavy atom. The van der Waals surface area contributed by atoms with Crippen molar-refractivity contribution in [2.24, 2.45) is 0 Å². The summed E-state index contributed by atoms with van der Waals surface area (Å²) in [5, 5.41) is 28.7. The number of amides is 1. The van der Waals surface area contributed by atoms with Gasteiger partial charge in [0.1, 0.15) is 5.54 Å². The third-order valence-electron chi connectivity index (χ3n) is 3.96. The Morgan fingerprint density at radius 2 is 2.05 bits per heavy atom. The number of para-hydroxylation sites is 1. The smallest absolute Gasteiger partial charge is 0.329 e. The third-order valence-corrected chi connectivity index (χ3v) is 3.96. The van der Waals surface area contributed by atoms with Crippen molar-refractivity contribution >= 4 is 11.9 Å². The van der Waals surface area contributed by atoms with E-state index in [2.05, 4.69) is 0 Å². The summed E-state index contributed by atoms with van der Waals surface area (Å²) in [5.41, 5.74) is -1.30. The summed E-state index contributed by atoms with van der Waals surface area (Å²) in [5.74, 6) is -2.52. The molecule has 1 aromatic carbocycles. The van der Waals surface area contributed by atoms with Gasteiger partial charge in [0.05, 0.1) is 5.56 Å². The Hall–Kier alpha value is -2.24. The second-order valence-electron chi connectivity index (χ2n) is 4.92. The molecule has 1 aliphatic rings. The van der Waals surface area contributed by atoms with Crippen LogP contribution in [0.2, 0.25) is 0 Å². The Bertz CT molecular complexity index is 556. The highest BCUT2D eigenvalue weighted by Gasteiger charge is 2.49. The zero-order chi connectivity index (χ0) is 14.9. The number of carboxylic acids is 1. The van der Waals surface area contributed by atoms with E-state index in [0.29, 0.717) is 25.8 Å². The quantitative estimate of drug-likeness (QED) is 0.729. The largest absolute Gasteiger partial charge is 0.504 e. The Kier molecular flexibility index (Phi) is 3.57. The van der Waals surface area contributed by atoms with Crippen molar-refractivity contribution in [3.05, 3.63) is 23.8 Å². The molecule has 0 bridgehead atoms. The highest BCUT2D eigenvalue weighted by Crippen LogP contribution is 2.37. The molecule has 0 spiro atoms. The fourth-order valence-electron chi connectivity index (χ4n) is 2.77. The molecule has 1 aromatic rings. The summed E-state index contributed by atoms with van der Waals surface area (Å²) in [6.45, 7) is 2.05. The van der Waals surface area contributed by atoms with E-state index in [1.165, 1.54) is 23.1 Å². The number of hydrogen-bond acceptors (Lipinski definition) is 4. The fraction of sp³-hybridized carbons (Fsp3) is 0.429. The van der Waals surface area contributed by atoms with Crippen LogP contribution < -0.4 is 0 Å². The van der Waals surface area contributed by atoms with Gasteiger partial charge < -0.3 is 20.2 Å². The van der Waals surface area contributed by atoms with Crippen LogP contribution in [0.25, 0.3) is 0 Å². The molecule has 1 fully saturated rings. The second kappa shape index (κ2) is 5.03. The second-order valence-corrected chi connectivity index (χ2v) is 4.92. The van der Waals surface area contributed by atoms with Crippen LogP contribution in [-0.4, -0.2) is 44.2 Å². The van der Waals surface area contributed by atoms with Crippen LogP contribution in [0.15, 0.2) is 18.2 Å². The maximum absolute atomic E-state index is 12.5. The van der Waals surface area contributed by atoms with Crippen molar-refractivity contribution in [2.45, 2.75) is 31.7 Å². The molecule has 1 atom stereocenters. The minimum atomic E-state index is -1.23. The molecule has 0 saturated carbocycles. The maximum Gasteiger partial charge on any atom is 0.329 e. The summed E-state index contributed by atoms with van der Waals surface area (Å²) < 4.78 is 0. The van der Waals surface area contributed by atoms with Crippen molar-refractivity contribution in [2.75, 3.05) is 6.54 Å². The van der Waals surface area contributed by atoms with Crippen LogP contribution in [0.1, 0.15) is 36.5 Å². The molecule has 0 radical (unpaired) electrons. The van der Waals surface area contributed by atoms with Crippen molar-refractivity contribution in [3.8, 4) is 11.5 Å². The third kappa shape index (κ3) is 1.97. The Balaban J connectivity index is 2.42. The lowest BCUT2D eigenvalue weighted by Crippen LogP contribution is -2.52. The lowest BCUT2D eigenvalue weighted by atomic mass is 9.92. The zero-order valence-electron chi connectivity index (χ0n) is 11.2. The number of phenolic OH excluding ortho intramolecular Hbond substituents is 2. The van der Waals surface area contributed by atoms with Crippen molar-refractivity contribution < 1.29 is 24.9 Å². The minimum absolute atomic E-state index is 0.0778. The van der Waals surface area contributed by atoms with Gasteiger partial charge in [-0.1, -0.05) is 13.0 Å². The maximum atomic E-state index is 12.5. The molecule has 108 valence electrons. The predicted molar refractivity (Wildman–Crippen MR) is 70.7 cm³/mol. The molecule has 1 aliphatic heterocycles. The molecule has 1 amide bonds. The van der Waals surface area contributed by atoms with E-state index in [0.717, 1.165) is 0 Å². The van der Waals surface area contributed by atoms with E-state index in [9.17, 15) is 24.9 Å². The average molecular weight is 279 g/mol. The highest BCUT2D eigenvalue weighted by atomic mass is 16.4. The summed E-state index contributed by atoms with van der Waals surface area (Å²) in [6, 6.07) is 4.07. The predicted octanol–water partition coefficient (Wildman–Crippen LogP) is 1.57. The molecule has 1 heterocycles. The van der Waals surface area contributed by atoms with E-state index in [1.807, 2.05) is 0 Å². The van der Waals surface area contributed by atoms with Gasteiger partial charge in [-0.3, -0.25) is 4.79 Å². The summed E-state index contributed by atoms with van der Waals surface area (Å²) in [6.07, 6.45) is 1.29. The summed E-state index contributed by atoms with van der Waals surface area (Å²) >= 11 is 0. The number of hydrogen-bond donors (Lipinski definition) is 3. The number of nitrogens with zero attached hydrogens (tertiary/aromatic N) is 1. The van der Waals surface area contributed by atoms with Gasteiger partial charge in [0.2, 0.25) is 0 Å². The van der Waals surface area contributed by atoms with Gasteiger partial charge in [-0.25, -0.2) is 4.79 Å². The molecule has 6 nitrogen and oxygen atoms in total. The summed E-state index contributed by atoms with van der Waals surface area (Å²) in [4.78, 5) is 25.3. The van der Waals surface area contributed by atoms with Crippen molar-refractivity contribution in [1.82, 2.24) is 4.90 Å². The first-order chi connectivity index (χ1) is 9.44. The van der Waals surface area contributed by atoms with Gasteiger partial charge >= 0.3 is 5.97 Å². The number of carbonyl (C=O) groups is 2. The molecule has 1 unspecified atom stereocenters. The summed E-state index contributed by atoms with van der Waals surface area (Å²) in [7, 11) is 0. The van der Waals surface area contributed by atoms with E-state index in [1.54, 1.807) is 6.92 Å². The molecule has 0 aromatic heterocycles. The molecule has 1 saturated heterocycles. The van der Waals surface area contributed by atoms with E-state index in [-0.39, 0.29) is 5.56 Å². The molecule has 0 aliphatic carbocycles. The van der Waals surface area contributed by atoms with Crippen LogP contribution in [0.4, 0.5) is 0 Å². The van der Waals surface area contributed by atoms with Gasteiger partial charge in [-0.05, 0) is 31.4 Å². The standard InChI is InChI=1S/C14H17NO5/c1-2-14(13(19)20)7-4-8-15(14)12(18)9-5-3-6-10(16)11(9)17/h3,5-6,16-17H,2,4,7-8H2,1H3,(H,19,20). The lowest BCUT2D eigenvalue weighted by Gasteiger charge is -2.34. The average Bonchev–Trinajstić information content (AvgIpc) is 2.86. The number of likely N-dealkylation sites (tertiary alicyclic amines) is 1. The minimum Gasteiger partial charge on any atom is -0.504 e. The van der Waals surface area contributed by atoms with Crippen LogP contribution in [0.5, 0.6) is 11.5 Å². The van der Waals surface area contributed by atoms with E-state index >= 15 is 0 Å². The first-order valence-corrected chi connectivity index (χ1v) is 6.50. The Labute approximate surface area is 116 Å². The van der Waals surface area contributed by atoms with Crippen LogP contribution in [0, 0.1) is 0 Å². The van der Waals surface area contributed by atoms with Gasteiger partial charge in [0, 0.05) is 6.54 Å². The van der Waals surface area contributed by atoms with E-state index in [4.69, 9.17) is 0 Å². The first kappa shape index (κ1) is 14.2. The number of carboxylic acid groups (broad SMARTS) is 1. The van der Waals surface area contributed by atoms with Crippen LogP contribution >= 0.6 is 0 Å². The van der Waals surface area contributed by atoms with Crippen LogP contribution in [0.3, 0.4) is 0 Å². The van der Waals surface area contributed by atoms with Gasteiger partial charge in [0.25, 0.3) is 5.91 Å². The van der Waals surface area contributed by atoms with Gasteiger partial charge in [0.15, 0.2) is 11.5 Å². The lowest BCUT2D eigenvalue weighted by molar-refractivity contribution is -0.148. The Morgan fingerprint density at radius 1 is 1.35 bits per heavy atom. The first-order valence-electron chi connectivity index (χ1n) is 6.50. The molecular formula is C14H17NO5. The number of aromatic hydroxyl groups is 2. The molecule has 6 heteroatoms. The zero-order valence-corrected chi connectivity index (χ0v) is 11.2. The highest BCUT2D eigenvalue weighted by molar-refractivity contribution is 6.00. The van der Waals surface area contributed by atoms with Gasteiger partial charge in [-0.2, -0.15) is 0 Å². The SMILES string of the molecule is CCC1(C(=O)O)CCCN1C(=O)c1cccc(O)c1O. The number of carbonyl (C=O) groups excluding carboxylic acids is 1. The fourth-order valence-corrected chi connectivity index (χ4v) is 2.77. The molecule has 2 rings (SSSR count). The number of benzene rings is 1. The number of aliphatic carboxylic acids is 1.